The zero-order chi connectivity index (χ0) is 8.15. The van der Waals surface area contributed by atoms with Crippen molar-refractivity contribution < 1.29 is 19.8 Å². The van der Waals surface area contributed by atoms with Crippen LogP contribution in [0, 0.1) is 5.92 Å². The second-order valence-electron chi connectivity index (χ2n) is 1.93. The van der Waals surface area contributed by atoms with Crippen molar-refractivity contribution in [2.45, 2.75) is 6.92 Å². The number of carboxylic acid groups (broad SMARTS) is 2. The van der Waals surface area contributed by atoms with Crippen LogP contribution < -0.4 is 5.32 Å². The van der Waals surface area contributed by atoms with Crippen molar-refractivity contribution in [3.8, 4) is 0 Å². The highest BCUT2D eigenvalue weighted by Gasteiger charge is 2.10. The Labute approximate surface area is 57.7 Å². The predicted molar refractivity (Wildman–Crippen MR) is 32.8 cm³/mol. The Balaban J connectivity index is 3.49. The highest BCUT2D eigenvalue weighted by Crippen LogP contribution is 1.90. The van der Waals surface area contributed by atoms with Crippen molar-refractivity contribution in [2.24, 2.45) is 5.92 Å². The second-order valence-corrected chi connectivity index (χ2v) is 1.93. The first-order valence-electron chi connectivity index (χ1n) is 2.73. The number of nitrogens with one attached hydrogen (secondary N) is 1. The van der Waals surface area contributed by atoms with Gasteiger partial charge >= 0.3 is 12.1 Å². The molecule has 10 heavy (non-hydrogen) atoms. The molecule has 3 N–H and O–H groups in total. The molecule has 0 aliphatic carbocycles. The van der Waals surface area contributed by atoms with Gasteiger partial charge in [-0.05, 0) is 0 Å². The molecular weight excluding hydrogens is 138 g/mol. The molecular formula is C5H9NO4. The molecule has 5 heteroatoms. The molecule has 0 saturated heterocycles. The number of hydrogen-bond acceptors (Lipinski definition) is 2. The predicted octanol–water partition coefficient (Wildman–Crippen LogP) is -0.0253. The smallest absolute Gasteiger partial charge is 0.404 e. The van der Waals surface area contributed by atoms with E-state index in [0.29, 0.717) is 0 Å². The van der Waals surface area contributed by atoms with Crippen LogP contribution in [0.4, 0.5) is 4.79 Å². The van der Waals surface area contributed by atoms with Gasteiger partial charge in [-0.2, -0.15) is 0 Å². The van der Waals surface area contributed by atoms with E-state index in [-0.39, 0.29) is 6.54 Å². The quantitative estimate of drug-likeness (QED) is 0.523. The van der Waals surface area contributed by atoms with Gasteiger partial charge in [0, 0.05) is 6.54 Å². The third-order valence-electron chi connectivity index (χ3n) is 0.981. The highest BCUT2D eigenvalue weighted by atomic mass is 16.4. The fraction of sp³-hybridized carbons (Fsp3) is 0.600. The third-order valence-corrected chi connectivity index (χ3v) is 0.981. The van der Waals surface area contributed by atoms with E-state index in [9.17, 15) is 9.59 Å². The summed E-state index contributed by atoms with van der Waals surface area (Å²) < 4.78 is 0. The van der Waals surface area contributed by atoms with Crippen molar-refractivity contribution >= 4 is 12.1 Å². The van der Waals surface area contributed by atoms with Gasteiger partial charge < -0.3 is 15.5 Å². The summed E-state index contributed by atoms with van der Waals surface area (Å²) in [5.74, 6) is -1.68. The maximum Gasteiger partial charge on any atom is 0.404 e. The van der Waals surface area contributed by atoms with Gasteiger partial charge in [-0.25, -0.2) is 4.79 Å². The monoisotopic (exact) mass is 147 g/mol. The van der Waals surface area contributed by atoms with Crippen LogP contribution in [-0.2, 0) is 4.79 Å². The fourth-order valence-corrected chi connectivity index (χ4v) is 0.328. The van der Waals surface area contributed by atoms with E-state index < -0.39 is 18.0 Å². The van der Waals surface area contributed by atoms with Gasteiger partial charge in [0.15, 0.2) is 0 Å². The summed E-state index contributed by atoms with van der Waals surface area (Å²) in [5.41, 5.74) is 0. The molecule has 0 aliphatic heterocycles. The minimum atomic E-state index is -1.20. The topological polar surface area (TPSA) is 86.6 Å². The summed E-state index contributed by atoms with van der Waals surface area (Å²) in [5, 5.41) is 18.3. The molecule has 0 aromatic carbocycles. The molecule has 0 heterocycles. The Bertz CT molecular complexity index is 145. The van der Waals surface area contributed by atoms with Gasteiger partial charge in [-0.15, -0.1) is 0 Å². The van der Waals surface area contributed by atoms with Crippen LogP contribution in [0.2, 0.25) is 0 Å². The molecule has 5 nitrogen and oxygen atoms in total. The Morgan fingerprint density at radius 1 is 1.50 bits per heavy atom. The average molecular weight is 147 g/mol. The molecule has 0 aromatic heterocycles. The van der Waals surface area contributed by atoms with E-state index in [1.807, 2.05) is 5.32 Å². The minimum absolute atomic E-state index is 0.0509. The molecule has 0 rings (SSSR count). The third kappa shape index (κ3) is 3.71. The van der Waals surface area contributed by atoms with E-state index in [4.69, 9.17) is 10.2 Å². The zero-order valence-corrected chi connectivity index (χ0v) is 5.50. The maximum atomic E-state index is 10.1. The van der Waals surface area contributed by atoms with Gasteiger partial charge in [0.1, 0.15) is 0 Å². The summed E-state index contributed by atoms with van der Waals surface area (Å²) in [7, 11) is 0. The van der Waals surface area contributed by atoms with Crippen LogP contribution in [0.3, 0.4) is 0 Å². The van der Waals surface area contributed by atoms with Crippen LogP contribution in [0.5, 0.6) is 0 Å². The first kappa shape index (κ1) is 8.74. The number of amides is 1. The fourth-order valence-electron chi connectivity index (χ4n) is 0.328. The van der Waals surface area contributed by atoms with E-state index in [1.54, 1.807) is 0 Å². The number of rotatable bonds is 3. The molecule has 58 valence electrons. The molecule has 0 saturated carbocycles. The SMILES string of the molecule is CC(CNC(=O)O)C(=O)O. The van der Waals surface area contributed by atoms with Crippen molar-refractivity contribution in [2.75, 3.05) is 6.54 Å². The standard InChI is InChI=1S/C5H9NO4/c1-3(4(7)8)2-6-5(9)10/h3,6H,2H2,1H3,(H,7,8)(H,9,10). The first-order valence-corrected chi connectivity index (χ1v) is 2.73. The van der Waals surface area contributed by atoms with E-state index in [1.165, 1.54) is 6.92 Å². The number of aliphatic carboxylic acids is 1. The molecule has 0 aromatic rings. The average Bonchev–Trinajstić information content (AvgIpc) is 1.82. The largest absolute Gasteiger partial charge is 0.481 e. The Morgan fingerprint density at radius 2 is 2.00 bits per heavy atom. The molecule has 0 radical (unpaired) electrons. The van der Waals surface area contributed by atoms with Crippen molar-refractivity contribution in [1.29, 1.82) is 0 Å². The lowest BCUT2D eigenvalue weighted by molar-refractivity contribution is -0.140. The van der Waals surface area contributed by atoms with Crippen LogP contribution in [0.25, 0.3) is 0 Å². The number of carboxylic acids is 1. The van der Waals surface area contributed by atoms with Gasteiger partial charge in [0.05, 0.1) is 5.92 Å². The van der Waals surface area contributed by atoms with Crippen LogP contribution in [0.15, 0.2) is 0 Å². The first-order chi connectivity index (χ1) is 4.54. The molecule has 0 fully saturated rings. The van der Waals surface area contributed by atoms with Crippen LogP contribution in [0.1, 0.15) is 6.92 Å². The second kappa shape index (κ2) is 3.71. The summed E-state index contributed by atoms with van der Waals surface area (Å²) in [6.07, 6.45) is -1.20. The van der Waals surface area contributed by atoms with Gasteiger partial charge in [0.2, 0.25) is 0 Å². The molecule has 0 bridgehead atoms. The molecule has 1 amide bonds. The Kier molecular flexibility index (Phi) is 3.24. The van der Waals surface area contributed by atoms with E-state index in [2.05, 4.69) is 0 Å². The summed E-state index contributed by atoms with van der Waals surface area (Å²) in [4.78, 5) is 19.9. The Hall–Kier alpha value is -1.26. The minimum Gasteiger partial charge on any atom is -0.481 e. The van der Waals surface area contributed by atoms with E-state index >= 15 is 0 Å². The highest BCUT2D eigenvalue weighted by molar-refractivity contribution is 5.71. The van der Waals surface area contributed by atoms with Crippen molar-refractivity contribution in [3.63, 3.8) is 0 Å². The molecule has 1 atom stereocenters. The van der Waals surface area contributed by atoms with Gasteiger partial charge in [0.25, 0.3) is 0 Å². The summed E-state index contributed by atoms with van der Waals surface area (Å²) in [6, 6.07) is 0. The lowest BCUT2D eigenvalue weighted by atomic mass is 10.2. The molecule has 0 spiro atoms. The number of hydrogen-bond donors (Lipinski definition) is 3. The maximum absolute atomic E-state index is 10.1. The number of carbonyl (C=O) groups is 2. The molecule has 1 unspecified atom stereocenters. The lowest BCUT2D eigenvalue weighted by Gasteiger charge is -2.03. The van der Waals surface area contributed by atoms with Crippen LogP contribution >= 0.6 is 0 Å². The summed E-state index contributed by atoms with van der Waals surface area (Å²) in [6.45, 7) is 1.38. The summed E-state index contributed by atoms with van der Waals surface area (Å²) >= 11 is 0. The van der Waals surface area contributed by atoms with Crippen molar-refractivity contribution in [1.82, 2.24) is 5.32 Å². The zero-order valence-electron chi connectivity index (χ0n) is 5.50. The lowest BCUT2D eigenvalue weighted by Crippen LogP contribution is -2.29. The normalized spacial score (nSPS) is 12.1. The van der Waals surface area contributed by atoms with Gasteiger partial charge in [-0.1, -0.05) is 6.92 Å². The van der Waals surface area contributed by atoms with Crippen LogP contribution in [-0.4, -0.2) is 28.8 Å². The Morgan fingerprint density at radius 3 is 2.30 bits per heavy atom. The van der Waals surface area contributed by atoms with Gasteiger partial charge in [-0.3, -0.25) is 4.79 Å². The van der Waals surface area contributed by atoms with Crippen molar-refractivity contribution in [3.05, 3.63) is 0 Å². The van der Waals surface area contributed by atoms with E-state index in [0.717, 1.165) is 0 Å². The molecule has 0 aliphatic rings.